The van der Waals surface area contributed by atoms with Crippen molar-refractivity contribution >= 4 is 5.91 Å². The Morgan fingerprint density at radius 1 is 1.42 bits per heavy atom. The fourth-order valence-corrected chi connectivity index (χ4v) is 3.39. The average molecular weight is 337 g/mol. The van der Waals surface area contributed by atoms with E-state index in [1.165, 1.54) is 6.42 Å². The third-order valence-electron chi connectivity index (χ3n) is 4.64. The Balaban J connectivity index is 2.09. The number of carbonyl (C=O) groups is 1. The van der Waals surface area contributed by atoms with Crippen molar-refractivity contribution in [2.24, 2.45) is 7.05 Å². The molecule has 0 bridgehead atoms. The number of aliphatic hydroxyl groups excluding tert-OH is 1. The van der Waals surface area contributed by atoms with Gasteiger partial charge in [-0.15, -0.1) is 0 Å². The van der Waals surface area contributed by atoms with Crippen LogP contribution in [0.1, 0.15) is 55.3 Å². The minimum atomic E-state index is -0.494. The highest BCUT2D eigenvalue weighted by Crippen LogP contribution is 2.31. The summed E-state index contributed by atoms with van der Waals surface area (Å²) in [7, 11) is 3.58. The molecule has 6 nitrogen and oxygen atoms in total. The number of hydrogen-bond acceptors (Lipinski definition) is 4. The summed E-state index contributed by atoms with van der Waals surface area (Å²) in [6.45, 7) is 5.86. The van der Waals surface area contributed by atoms with Crippen LogP contribution in [0.3, 0.4) is 0 Å². The molecule has 6 heteroatoms. The van der Waals surface area contributed by atoms with E-state index in [1.54, 1.807) is 7.05 Å². The second-order valence-electron chi connectivity index (χ2n) is 6.82. The minimum Gasteiger partial charge on any atom is -0.389 e. The Kier molecular flexibility index (Phi) is 6.83. The van der Waals surface area contributed by atoms with Gasteiger partial charge in [0.1, 0.15) is 5.69 Å². The molecule has 1 amide bonds. The van der Waals surface area contributed by atoms with Gasteiger partial charge in [0, 0.05) is 26.3 Å². The van der Waals surface area contributed by atoms with Crippen LogP contribution in [0.5, 0.6) is 0 Å². The second-order valence-corrected chi connectivity index (χ2v) is 6.82. The van der Waals surface area contributed by atoms with Crippen LogP contribution in [0.4, 0.5) is 0 Å². The third-order valence-corrected chi connectivity index (χ3v) is 4.64. The topological polar surface area (TPSA) is 66.7 Å². The monoisotopic (exact) mass is 337 g/mol. The first-order valence-corrected chi connectivity index (χ1v) is 8.85. The summed E-state index contributed by atoms with van der Waals surface area (Å²) < 4.78 is 7.50. The van der Waals surface area contributed by atoms with E-state index in [4.69, 9.17) is 4.74 Å². The number of carbonyl (C=O) groups excluding carboxylic acids is 1. The second kappa shape index (κ2) is 8.65. The van der Waals surface area contributed by atoms with E-state index in [0.29, 0.717) is 18.8 Å². The van der Waals surface area contributed by atoms with Crippen molar-refractivity contribution in [2.45, 2.75) is 51.4 Å². The van der Waals surface area contributed by atoms with Gasteiger partial charge in [0.15, 0.2) is 0 Å². The molecule has 2 rings (SSSR count). The van der Waals surface area contributed by atoms with E-state index in [1.807, 2.05) is 37.6 Å². The summed E-state index contributed by atoms with van der Waals surface area (Å²) in [6.07, 6.45) is 2.98. The lowest BCUT2D eigenvalue weighted by atomic mass is 9.99. The lowest BCUT2D eigenvalue weighted by molar-refractivity contribution is -0.0193. The number of likely N-dealkylation sites (tertiary alicyclic amines) is 1. The minimum absolute atomic E-state index is 0.0727. The van der Waals surface area contributed by atoms with Crippen molar-refractivity contribution in [3.8, 4) is 0 Å². The molecule has 0 aromatic carbocycles. The first kappa shape index (κ1) is 19.0. The number of piperidine rings is 1. The summed E-state index contributed by atoms with van der Waals surface area (Å²) in [5, 5.41) is 13.0. The summed E-state index contributed by atoms with van der Waals surface area (Å²) in [5.41, 5.74) is 1.80. The number of nitrogens with zero attached hydrogens (tertiary/aromatic N) is 2. The van der Waals surface area contributed by atoms with Gasteiger partial charge in [-0.2, -0.15) is 0 Å². The summed E-state index contributed by atoms with van der Waals surface area (Å²) >= 11 is 0. The van der Waals surface area contributed by atoms with Crippen LogP contribution in [0, 0.1) is 0 Å². The van der Waals surface area contributed by atoms with Crippen molar-refractivity contribution in [1.29, 1.82) is 0 Å². The molecule has 1 aliphatic heterocycles. The van der Waals surface area contributed by atoms with Gasteiger partial charge in [-0.3, -0.25) is 9.69 Å². The standard InChI is InChI=1S/C18H31N3O3/c1-13(2)24-12-14(22)11-21-10-6-5-7-16(21)15-8-9-17(20(15)4)18(23)19-3/h8-9,13-14,16,22H,5-7,10-12H2,1-4H3,(H,19,23). The highest BCUT2D eigenvalue weighted by Gasteiger charge is 2.28. The quantitative estimate of drug-likeness (QED) is 0.795. The predicted octanol–water partition coefficient (Wildman–Crippen LogP) is 1.70. The highest BCUT2D eigenvalue weighted by molar-refractivity contribution is 5.92. The summed E-state index contributed by atoms with van der Waals surface area (Å²) in [6, 6.07) is 4.14. The maximum Gasteiger partial charge on any atom is 0.267 e. The van der Waals surface area contributed by atoms with Crippen LogP contribution in [-0.4, -0.2) is 59.4 Å². The van der Waals surface area contributed by atoms with Crippen molar-refractivity contribution in [3.05, 3.63) is 23.5 Å². The maximum atomic E-state index is 11.9. The summed E-state index contributed by atoms with van der Waals surface area (Å²) in [5.74, 6) is -0.0727. The largest absolute Gasteiger partial charge is 0.389 e. The van der Waals surface area contributed by atoms with Gasteiger partial charge < -0.3 is 19.7 Å². The Morgan fingerprint density at radius 2 is 2.17 bits per heavy atom. The fraction of sp³-hybridized carbons (Fsp3) is 0.722. The van der Waals surface area contributed by atoms with Gasteiger partial charge in [0.25, 0.3) is 5.91 Å². The van der Waals surface area contributed by atoms with Crippen LogP contribution in [0.25, 0.3) is 0 Å². The lowest BCUT2D eigenvalue weighted by Gasteiger charge is -2.37. The predicted molar refractivity (Wildman–Crippen MR) is 94.1 cm³/mol. The number of β-amino-alcohol motifs (C(OH)–C–C–N with tert-alkyl or cyclic N) is 1. The van der Waals surface area contributed by atoms with Gasteiger partial charge in [-0.1, -0.05) is 6.42 Å². The number of aromatic nitrogens is 1. The fourth-order valence-electron chi connectivity index (χ4n) is 3.39. The zero-order valence-corrected chi connectivity index (χ0v) is 15.3. The number of amides is 1. The first-order chi connectivity index (χ1) is 11.4. The van der Waals surface area contributed by atoms with Crippen LogP contribution >= 0.6 is 0 Å². The van der Waals surface area contributed by atoms with Gasteiger partial charge in [-0.25, -0.2) is 0 Å². The molecule has 2 N–H and O–H groups in total. The lowest BCUT2D eigenvalue weighted by Crippen LogP contribution is -2.41. The molecule has 1 saturated heterocycles. The van der Waals surface area contributed by atoms with Crippen molar-refractivity contribution in [2.75, 3.05) is 26.7 Å². The number of hydrogen-bond donors (Lipinski definition) is 2. The molecular formula is C18H31N3O3. The molecule has 2 unspecified atom stereocenters. The van der Waals surface area contributed by atoms with Crippen LogP contribution in [0.2, 0.25) is 0 Å². The molecule has 24 heavy (non-hydrogen) atoms. The molecule has 1 aromatic heterocycles. The first-order valence-electron chi connectivity index (χ1n) is 8.85. The van der Waals surface area contributed by atoms with Gasteiger partial charge in [0.05, 0.1) is 24.9 Å². The molecule has 0 saturated carbocycles. The Morgan fingerprint density at radius 3 is 2.83 bits per heavy atom. The average Bonchev–Trinajstić information content (AvgIpc) is 2.94. The van der Waals surface area contributed by atoms with E-state index in [9.17, 15) is 9.90 Å². The molecule has 1 fully saturated rings. The molecule has 2 heterocycles. The Hall–Kier alpha value is -1.37. The van der Waals surface area contributed by atoms with E-state index in [2.05, 4.69) is 10.2 Å². The molecular weight excluding hydrogens is 306 g/mol. The molecule has 1 aromatic rings. The highest BCUT2D eigenvalue weighted by atomic mass is 16.5. The molecule has 0 radical (unpaired) electrons. The summed E-state index contributed by atoms with van der Waals surface area (Å²) in [4.78, 5) is 14.3. The smallest absolute Gasteiger partial charge is 0.267 e. The normalized spacial score (nSPS) is 20.3. The molecule has 1 aliphatic rings. The molecule has 2 atom stereocenters. The zero-order valence-electron chi connectivity index (χ0n) is 15.3. The zero-order chi connectivity index (χ0) is 17.7. The van der Waals surface area contributed by atoms with E-state index >= 15 is 0 Å². The van der Waals surface area contributed by atoms with E-state index < -0.39 is 6.10 Å². The SMILES string of the molecule is CNC(=O)c1ccc(C2CCCCN2CC(O)COC(C)C)n1C. The van der Waals surface area contributed by atoms with Gasteiger partial charge >= 0.3 is 0 Å². The molecule has 0 aliphatic carbocycles. The van der Waals surface area contributed by atoms with Crippen LogP contribution < -0.4 is 5.32 Å². The van der Waals surface area contributed by atoms with Gasteiger partial charge in [-0.05, 0) is 45.4 Å². The van der Waals surface area contributed by atoms with Gasteiger partial charge in [0.2, 0.25) is 0 Å². The van der Waals surface area contributed by atoms with Crippen LogP contribution in [-0.2, 0) is 11.8 Å². The van der Waals surface area contributed by atoms with Crippen molar-refractivity contribution in [1.82, 2.24) is 14.8 Å². The number of ether oxygens (including phenoxy) is 1. The van der Waals surface area contributed by atoms with E-state index in [-0.39, 0.29) is 18.1 Å². The number of aliphatic hydroxyl groups is 1. The van der Waals surface area contributed by atoms with Crippen LogP contribution in [0.15, 0.2) is 12.1 Å². The third kappa shape index (κ3) is 4.59. The number of rotatable bonds is 7. The molecule has 136 valence electrons. The molecule has 0 spiro atoms. The Labute approximate surface area is 144 Å². The van der Waals surface area contributed by atoms with Crippen molar-refractivity contribution in [3.63, 3.8) is 0 Å². The van der Waals surface area contributed by atoms with Crippen molar-refractivity contribution < 1.29 is 14.6 Å². The maximum absolute atomic E-state index is 11.9. The van der Waals surface area contributed by atoms with E-state index in [0.717, 1.165) is 25.1 Å². The Bertz CT molecular complexity index is 542. The number of nitrogens with one attached hydrogen (secondary N) is 1.